The van der Waals surface area contributed by atoms with Gasteiger partial charge in [-0.2, -0.15) is 0 Å². The number of methoxy groups -OCH3 is 1. The van der Waals surface area contributed by atoms with Crippen LogP contribution in [0.5, 0.6) is 11.5 Å². The van der Waals surface area contributed by atoms with E-state index in [0.717, 1.165) is 17.5 Å². The topological polar surface area (TPSA) is 55.8 Å². The number of hydrogen-bond acceptors (Lipinski definition) is 3. The Hall–Kier alpha value is -3.27. The Kier molecular flexibility index (Phi) is 6.68. The van der Waals surface area contributed by atoms with Gasteiger partial charge in [-0.15, -0.1) is 0 Å². The van der Waals surface area contributed by atoms with Crippen molar-refractivity contribution in [2.45, 2.75) is 18.8 Å². The zero-order chi connectivity index (χ0) is 19.8. The van der Waals surface area contributed by atoms with Crippen molar-refractivity contribution in [1.82, 2.24) is 0 Å². The van der Waals surface area contributed by atoms with E-state index in [0.29, 0.717) is 24.5 Å². The van der Waals surface area contributed by atoms with Crippen LogP contribution in [0, 0.1) is 0 Å². The van der Waals surface area contributed by atoms with Crippen molar-refractivity contribution in [3.8, 4) is 11.5 Å². The van der Waals surface area contributed by atoms with Crippen LogP contribution >= 0.6 is 0 Å². The standard InChI is InChI=1S/C24H24O4/c1-27-22-14-8-13-20(17-21(24(25)26)19-11-6-3-7-12-19)23(22)28-16-15-18-9-4-2-5-10-18/h2-14,21H,15-17H2,1H3,(H,25,26). The van der Waals surface area contributed by atoms with Gasteiger partial charge in [0.1, 0.15) is 0 Å². The molecule has 0 aromatic heterocycles. The number of carboxylic acid groups (broad SMARTS) is 1. The van der Waals surface area contributed by atoms with Gasteiger partial charge in [0.15, 0.2) is 11.5 Å². The summed E-state index contributed by atoms with van der Waals surface area (Å²) in [5.74, 6) is -0.278. The van der Waals surface area contributed by atoms with Gasteiger partial charge in [0, 0.05) is 6.42 Å². The van der Waals surface area contributed by atoms with Crippen LogP contribution in [0.4, 0.5) is 0 Å². The summed E-state index contributed by atoms with van der Waals surface area (Å²) < 4.78 is 11.5. The van der Waals surface area contributed by atoms with Crippen LogP contribution in [-0.4, -0.2) is 24.8 Å². The van der Waals surface area contributed by atoms with E-state index in [4.69, 9.17) is 9.47 Å². The molecule has 0 fully saturated rings. The van der Waals surface area contributed by atoms with E-state index in [1.54, 1.807) is 7.11 Å². The lowest BCUT2D eigenvalue weighted by Crippen LogP contribution is -2.15. The molecular weight excluding hydrogens is 352 g/mol. The summed E-state index contributed by atoms with van der Waals surface area (Å²) in [6.07, 6.45) is 1.09. The number of hydrogen-bond donors (Lipinski definition) is 1. The van der Waals surface area contributed by atoms with E-state index in [1.807, 2.05) is 66.7 Å². The molecule has 28 heavy (non-hydrogen) atoms. The number of rotatable bonds is 9. The second-order valence-corrected chi connectivity index (χ2v) is 6.54. The van der Waals surface area contributed by atoms with Crippen molar-refractivity contribution in [3.63, 3.8) is 0 Å². The minimum Gasteiger partial charge on any atom is -0.493 e. The van der Waals surface area contributed by atoms with Crippen LogP contribution in [0.15, 0.2) is 78.9 Å². The van der Waals surface area contributed by atoms with Crippen molar-refractivity contribution in [3.05, 3.63) is 95.6 Å². The summed E-state index contributed by atoms with van der Waals surface area (Å²) in [6.45, 7) is 0.487. The van der Waals surface area contributed by atoms with E-state index in [-0.39, 0.29) is 0 Å². The number of para-hydroxylation sites is 1. The van der Waals surface area contributed by atoms with Gasteiger partial charge in [-0.05, 0) is 29.2 Å². The van der Waals surface area contributed by atoms with E-state index < -0.39 is 11.9 Å². The van der Waals surface area contributed by atoms with Crippen LogP contribution < -0.4 is 9.47 Å². The summed E-state index contributed by atoms with van der Waals surface area (Å²) in [5, 5.41) is 9.76. The highest BCUT2D eigenvalue weighted by molar-refractivity contribution is 5.76. The summed E-state index contributed by atoms with van der Waals surface area (Å²) in [6, 6.07) is 25.0. The molecule has 0 bridgehead atoms. The first-order valence-electron chi connectivity index (χ1n) is 9.29. The molecule has 4 heteroatoms. The number of aliphatic carboxylic acids is 1. The Balaban J connectivity index is 1.81. The van der Waals surface area contributed by atoms with Gasteiger partial charge in [-0.3, -0.25) is 4.79 Å². The van der Waals surface area contributed by atoms with Crippen LogP contribution in [0.25, 0.3) is 0 Å². The highest BCUT2D eigenvalue weighted by atomic mass is 16.5. The molecular formula is C24H24O4. The van der Waals surface area contributed by atoms with Crippen LogP contribution in [-0.2, 0) is 17.6 Å². The van der Waals surface area contributed by atoms with Crippen LogP contribution in [0.3, 0.4) is 0 Å². The molecule has 0 amide bonds. The van der Waals surface area contributed by atoms with E-state index >= 15 is 0 Å². The van der Waals surface area contributed by atoms with Gasteiger partial charge in [0.2, 0.25) is 0 Å². The SMILES string of the molecule is COc1cccc(CC(C(=O)O)c2ccccc2)c1OCCc1ccccc1. The summed E-state index contributed by atoms with van der Waals surface area (Å²) >= 11 is 0. The van der Waals surface area contributed by atoms with Gasteiger partial charge in [-0.25, -0.2) is 0 Å². The summed E-state index contributed by atoms with van der Waals surface area (Å²) in [4.78, 5) is 11.9. The summed E-state index contributed by atoms with van der Waals surface area (Å²) in [7, 11) is 1.59. The fourth-order valence-electron chi connectivity index (χ4n) is 3.22. The predicted octanol–water partition coefficient (Wildman–Crippen LogP) is 4.73. The molecule has 3 aromatic carbocycles. The smallest absolute Gasteiger partial charge is 0.311 e. The first kappa shape index (κ1) is 19.5. The lowest BCUT2D eigenvalue weighted by molar-refractivity contribution is -0.138. The first-order valence-corrected chi connectivity index (χ1v) is 9.29. The lowest BCUT2D eigenvalue weighted by atomic mass is 9.91. The minimum absolute atomic E-state index is 0.331. The minimum atomic E-state index is -0.857. The maximum absolute atomic E-state index is 11.9. The van der Waals surface area contributed by atoms with Crippen molar-refractivity contribution in [2.24, 2.45) is 0 Å². The molecule has 1 unspecified atom stereocenters. The summed E-state index contributed by atoms with van der Waals surface area (Å²) in [5.41, 5.74) is 2.78. The third-order valence-electron chi connectivity index (χ3n) is 4.68. The maximum atomic E-state index is 11.9. The van der Waals surface area contributed by atoms with Gasteiger partial charge < -0.3 is 14.6 Å². The van der Waals surface area contributed by atoms with Crippen LogP contribution in [0.1, 0.15) is 22.6 Å². The molecule has 3 aromatic rings. The number of benzene rings is 3. The molecule has 0 aliphatic rings. The van der Waals surface area contributed by atoms with Crippen molar-refractivity contribution in [2.75, 3.05) is 13.7 Å². The van der Waals surface area contributed by atoms with E-state index in [2.05, 4.69) is 12.1 Å². The average Bonchev–Trinajstić information content (AvgIpc) is 2.73. The number of carboxylic acids is 1. The maximum Gasteiger partial charge on any atom is 0.311 e. The lowest BCUT2D eigenvalue weighted by Gasteiger charge is -2.18. The molecule has 144 valence electrons. The third kappa shape index (κ3) is 4.92. The quantitative estimate of drug-likeness (QED) is 0.587. The monoisotopic (exact) mass is 376 g/mol. The van der Waals surface area contributed by atoms with Crippen molar-refractivity contribution < 1.29 is 19.4 Å². The second kappa shape index (κ2) is 9.60. The van der Waals surface area contributed by atoms with Gasteiger partial charge in [0.25, 0.3) is 0 Å². The Morgan fingerprint density at radius 2 is 1.61 bits per heavy atom. The second-order valence-electron chi connectivity index (χ2n) is 6.54. The van der Waals surface area contributed by atoms with E-state index in [1.165, 1.54) is 5.56 Å². The largest absolute Gasteiger partial charge is 0.493 e. The molecule has 4 nitrogen and oxygen atoms in total. The van der Waals surface area contributed by atoms with Gasteiger partial charge >= 0.3 is 5.97 Å². The highest BCUT2D eigenvalue weighted by Crippen LogP contribution is 2.34. The number of ether oxygens (including phenoxy) is 2. The zero-order valence-corrected chi connectivity index (χ0v) is 15.9. The molecule has 1 atom stereocenters. The van der Waals surface area contributed by atoms with Crippen molar-refractivity contribution in [1.29, 1.82) is 0 Å². The van der Waals surface area contributed by atoms with E-state index in [9.17, 15) is 9.90 Å². The first-order chi connectivity index (χ1) is 13.7. The third-order valence-corrected chi connectivity index (χ3v) is 4.68. The fourth-order valence-corrected chi connectivity index (χ4v) is 3.22. The Labute approximate surface area is 165 Å². The highest BCUT2D eigenvalue weighted by Gasteiger charge is 2.23. The molecule has 0 aliphatic carbocycles. The molecule has 0 spiro atoms. The molecule has 0 saturated carbocycles. The zero-order valence-electron chi connectivity index (χ0n) is 15.9. The average molecular weight is 376 g/mol. The number of carbonyl (C=O) groups is 1. The predicted molar refractivity (Wildman–Crippen MR) is 109 cm³/mol. The molecule has 0 aliphatic heterocycles. The van der Waals surface area contributed by atoms with Crippen LogP contribution in [0.2, 0.25) is 0 Å². The normalized spacial score (nSPS) is 11.6. The molecule has 3 rings (SSSR count). The Morgan fingerprint density at radius 1 is 0.929 bits per heavy atom. The van der Waals surface area contributed by atoms with Gasteiger partial charge in [-0.1, -0.05) is 72.8 Å². The fraction of sp³-hybridized carbons (Fsp3) is 0.208. The van der Waals surface area contributed by atoms with Crippen molar-refractivity contribution >= 4 is 5.97 Å². The Bertz CT molecular complexity index is 891. The molecule has 0 heterocycles. The molecule has 0 radical (unpaired) electrons. The molecule has 0 saturated heterocycles. The Morgan fingerprint density at radius 3 is 2.25 bits per heavy atom. The molecule has 1 N–H and O–H groups in total. The van der Waals surface area contributed by atoms with Gasteiger partial charge in [0.05, 0.1) is 19.6 Å².